The van der Waals surface area contributed by atoms with Crippen molar-refractivity contribution >= 4 is 6.16 Å². The predicted octanol–water partition coefficient (Wildman–Crippen LogP) is 1.35. The van der Waals surface area contributed by atoms with E-state index in [-0.39, 0.29) is 0 Å². The second-order valence-electron chi connectivity index (χ2n) is 2.32. The van der Waals surface area contributed by atoms with Gasteiger partial charge in [0.25, 0.3) is 5.79 Å². The molecule has 1 saturated heterocycles. The van der Waals surface area contributed by atoms with Gasteiger partial charge in [-0.3, -0.25) is 0 Å². The van der Waals surface area contributed by atoms with E-state index in [1.165, 1.54) is 0 Å². The van der Waals surface area contributed by atoms with Crippen LogP contribution in [0.5, 0.6) is 0 Å². The number of carbonyl (C=O) groups excluding carboxylic acids is 1. The molecule has 0 aromatic carbocycles. The van der Waals surface area contributed by atoms with Crippen molar-refractivity contribution < 1.29 is 14.3 Å². The monoisotopic (exact) mass is 138 g/mol. The molecule has 52 valence electrons. The van der Waals surface area contributed by atoms with Crippen molar-refractivity contribution in [2.45, 2.75) is 18.6 Å². The minimum Gasteiger partial charge on any atom is -0.386 e. The third kappa shape index (κ3) is 0.645. The highest BCUT2D eigenvalue weighted by atomic mass is 16.9. The molecule has 2 rings (SSSR count). The standard InChI is InChI=1S/C7H6O3/c8-6-9-7(10-6)4-2-1-3-5-7/h1,5H,2,4H2. The first-order valence-electron chi connectivity index (χ1n) is 3.15. The zero-order valence-electron chi connectivity index (χ0n) is 5.29. The Morgan fingerprint density at radius 3 is 2.90 bits per heavy atom. The van der Waals surface area contributed by atoms with Crippen molar-refractivity contribution in [2.24, 2.45) is 0 Å². The molecule has 0 N–H and O–H groups in total. The Bertz CT molecular complexity index is 227. The summed E-state index contributed by atoms with van der Waals surface area (Å²) in [5, 5.41) is 0. The topological polar surface area (TPSA) is 35.5 Å². The molecular weight excluding hydrogens is 132 g/mol. The van der Waals surface area contributed by atoms with Gasteiger partial charge in [-0.25, -0.2) is 4.79 Å². The molecule has 0 aromatic heterocycles. The van der Waals surface area contributed by atoms with Gasteiger partial charge in [0.2, 0.25) is 0 Å². The van der Waals surface area contributed by atoms with Gasteiger partial charge in [0.15, 0.2) is 0 Å². The molecule has 0 amide bonds. The molecule has 1 heterocycles. The van der Waals surface area contributed by atoms with E-state index in [1.54, 1.807) is 6.08 Å². The van der Waals surface area contributed by atoms with Crippen LogP contribution < -0.4 is 0 Å². The average Bonchev–Trinajstić information content (AvgIpc) is 1.87. The van der Waals surface area contributed by atoms with Crippen molar-refractivity contribution in [3.8, 4) is 0 Å². The maximum atomic E-state index is 10.3. The van der Waals surface area contributed by atoms with Crippen LogP contribution in [0.15, 0.2) is 17.9 Å². The Morgan fingerprint density at radius 2 is 2.40 bits per heavy atom. The number of rotatable bonds is 0. The third-order valence-corrected chi connectivity index (χ3v) is 1.57. The van der Waals surface area contributed by atoms with E-state index in [1.807, 2.05) is 6.08 Å². The lowest BCUT2D eigenvalue weighted by Crippen LogP contribution is -2.48. The number of hydrogen-bond acceptors (Lipinski definition) is 3. The minimum absolute atomic E-state index is 0.583. The first-order chi connectivity index (χ1) is 4.81. The fourth-order valence-electron chi connectivity index (χ4n) is 1.07. The van der Waals surface area contributed by atoms with Crippen LogP contribution in [0.4, 0.5) is 4.79 Å². The molecule has 2 aliphatic rings. The van der Waals surface area contributed by atoms with E-state index in [0.717, 1.165) is 6.42 Å². The summed E-state index contributed by atoms with van der Waals surface area (Å²) in [7, 11) is 0. The molecule has 0 atom stereocenters. The second-order valence-corrected chi connectivity index (χ2v) is 2.32. The molecule has 1 aliphatic heterocycles. The van der Waals surface area contributed by atoms with Gasteiger partial charge in [-0.1, -0.05) is 0 Å². The third-order valence-electron chi connectivity index (χ3n) is 1.57. The van der Waals surface area contributed by atoms with E-state index < -0.39 is 11.9 Å². The van der Waals surface area contributed by atoms with Crippen molar-refractivity contribution in [1.29, 1.82) is 0 Å². The van der Waals surface area contributed by atoms with Crippen LogP contribution in [0.3, 0.4) is 0 Å². The predicted molar refractivity (Wildman–Crippen MR) is 32.2 cm³/mol. The molecule has 1 aliphatic carbocycles. The summed E-state index contributed by atoms with van der Waals surface area (Å²) >= 11 is 0. The van der Waals surface area contributed by atoms with Gasteiger partial charge in [-0.15, -0.1) is 5.73 Å². The highest BCUT2D eigenvalue weighted by Gasteiger charge is 2.46. The quantitative estimate of drug-likeness (QED) is 0.374. The molecule has 1 fully saturated rings. The smallest absolute Gasteiger partial charge is 0.386 e. The highest BCUT2D eigenvalue weighted by Crippen LogP contribution is 2.32. The van der Waals surface area contributed by atoms with E-state index >= 15 is 0 Å². The second kappa shape index (κ2) is 1.64. The zero-order valence-corrected chi connectivity index (χ0v) is 5.29. The molecule has 0 radical (unpaired) electrons. The molecule has 3 nitrogen and oxygen atoms in total. The van der Waals surface area contributed by atoms with Gasteiger partial charge in [-0.05, 0) is 12.5 Å². The lowest BCUT2D eigenvalue weighted by Gasteiger charge is -2.37. The fraction of sp³-hybridized carbons (Fsp3) is 0.429. The van der Waals surface area contributed by atoms with Gasteiger partial charge in [0.1, 0.15) is 0 Å². The molecule has 0 bridgehead atoms. The summed E-state index contributed by atoms with van der Waals surface area (Å²) in [6.45, 7) is 0. The molecule has 10 heavy (non-hydrogen) atoms. The lowest BCUT2D eigenvalue weighted by atomic mass is 10.1. The van der Waals surface area contributed by atoms with Crippen molar-refractivity contribution in [1.82, 2.24) is 0 Å². The molecule has 0 aromatic rings. The van der Waals surface area contributed by atoms with Crippen molar-refractivity contribution in [3.63, 3.8) is 0 Å². The number of carbonyl (C=O) groups is 1. The van der Waals surface area contributed by atoms with Gasteiger partial charge in [-0.2, -0.15) is 0 Å². The summed E-state index contributed by atoms with van der Waals surface area (Å²) < 4.78 is 9.54. The molecule has 0 unspecified atom stereocenters. The summed E-state index contributed by atoms with van der Waals surface area (Å²) in [5.74, 6) is -0.744. The summed E-state index contributed by atoms with van der Waals surface area (Å²) in [6.07, 6.45) is 4.51. The van der Waals surface area contributed by atoms with Crippen LogP contribution in [0.2, 0.25) is 0 Å². The van der Waals surface area contributed by atoms with Crippen LogP contribution in [0.1, 0.15) is 12.8 Å². The van der Waals surface area contributed by atoms with E-state index in [0.29, 0.717) is 6.42 Å². The Labute approximate surface area is 57.9 Å². The number of ether oxygens (including phenoxy) is 2. The average molecular weight is 138 g/mol. The van der Waals surface area contributed by atoms with Crippen LogP contribution in [0.25, 0.3) is 0 Å². The van der Waals surface area contributed by atoms with E-state index in [4.69, 9.17) is 9.47 Å². The minimum atomic E-state index is -0.744. The maximum absolute atomic E-state index is 10.3. The van der Waals surface area contributed by atoms with Crippen LogP contribution in [-0.2, 0) is 9.47 Å². The Hall–Kier alpha value is -1.21. The summed E-state index contributed by atoms with van der Waals surface area (Å²) in [4.78, 5) is 10.3. The lowest BCUT2D eigenvalue weighted by molar-refractivity contribution is -0.243. The van der Waals surface area contributed by atoms with Crippen molar-refractivity contribution in [3.05, 3.63) is 17.9 Å². The Kier molecular flexibility index (Phi) is 0.914. The highest BCUT2D eigenvalue weighted by molar-refractivity contribution is 5.66. The summed E-state index contributed by atoms with van der Waals surface area (Å²) in [6, 6.07) is 0. The van der Waals surface area contributed by atoms with Gasteiger partial charge in [0, 0.05) is 12.5 Å². The summed E-state index contributed by atoms with van der Waals surface area (Å²) in [5.41, 5.74) is 2.85. The van der Waals surface area contributed by atoms with E-state index in [9.17, 15) is 4.79 Å². The van der Waals surface area contributed by atoms with E-state index in [2.05, 4.69) is 5.73 Å². The Balaban J connectivity index is 2.18. The SMILES string of the molecule is O=C1OC2(C=C=CCC2)O1. The van der Waals surface area contributed by atoms with Gasteiger partial charge < -0.3 is 9.47 Å². The number of hydrogen-bond donors (Lipinski definition) is 0. The Morgan fingerprint density at radius 1 is 1.60 bits per heavy atom. The first kappa shape index (κ1) is 5.57. The molecule has 0 saturated carbocycles. The normalized spacial score (nSPS) is 25.4. The van der Waals surface area contributed by atoms with Crippen LogP contribution in [0, 0.1) is 0 Å². The molecule has 3 heteroatoms. The van der Waals surface area contributed by atoms with Crippen LogP contribution >= 0.6 is 0 Å². The van der Waals surface area contributed by atoms with Crippen molar-refractivity contribution in [2.75, 3.05) is 0 Å². The fourth-order valence-corrected chi connectivity index (χ4v) is 1.07. The maximum Gasteiger partial charge on any atom is 0.515 e. The zero-order chi connectivity index (χ0) is 7.03. The molecular formula is C7H6O3. The molecule has 1 spiro atoms. The first-order valence-corrected chi connectivity index (χ1v) is 3.15. The van der Waals surface area contributed by atoms with Gasteiger partial charge in [0.05, 0.1) is 0 Å². The largest absolute Gasteiger partial charge is 0.515 e. The van der Waals surface area contributed by atoms with Gasteiger partial charge >= 0.3 is 6.16 Å². The van der Waals surface area contributed by atoms with Crippen LogP contribution in [-0.4, -0.2) is 11.9 Å².